The second-order valence-corrected chi connectivity index (χ2v) is 7.57. The molecule has 2 rings (SSSR count). The molecule has 0 spiro atoms. The molecular weight excluding hydrogens is 254 g/mol. The van der Waals surface area contributed by atoms with Crippen molar-refractivity contribution >= 4 is 29.1 Å². The molecule has 0 saturated carbocycles. The molecule has 1 aliphatic rings. The van der Waals surface area contributed by atoms with E-state index in [4.69, 9.17) is 5.11 Å². The van der Waals surface area contributed by atoms with Crippen molar-refractivity contribution in [3.63, 3.8) is 0 Å². The molecule has 2 unspecified atom stereocenters. The van der Waals surface area contributed by atoms with Crippen LogP contribution in [0.2, 0.25) is 0 Å². The molecule has 1 aromatic heterocycles. The third kappa shape index (κ3) is 3.47. The van der Waals surface area contributed by atoms with Crippen LogP contribution in [0.1, 0.15) is 28.4 Å². The van der Waals surface area contributed by atoms with Gasteiger partial charge in [0.15, 0.2) is 0 Å². The van der Waals surface area contributed by atoms with Gasteiger partial charge in [0.2, 0.25) is 0 Å². The van der Waals surface area contributed by atoms with Crippen LogP contribution in [0.3, 0.4) is 0 Å². The number of carboxylic acid groups (broad SMARTS) is 1. The number of hydrogen-bond donors (Lipinski definition) is 1. The Morgan fingerprint density at radius 2 is 2.06 bits per heavy atom. The molecule has 5 heteroatoms. The lowest BCUT2D eigenvalue weighted by atomic mass is 10.3. The average Bonchev–Trinajstić information content (AvgIpc) is 2.64. The van der Waals surface area contributed by atoms with Crippen molar-refractivity contribution in [2.75, 3.05) is 13.1 Å². The minimum Gasteiger partial charge on any atom is -0.477 e. The van der Waals surface area contributed by atoms with Crippen LogP contribution in [0.4, 0.5) is 0 Å². The zero-order valence-electron chi connectivity index (χ0n) is 10.0. The van der Waals surface area contributed by atoms with Crippen molar-refractivity contribution in [2.24, 2.45) is 0 Å². The van der Waals surface area contributed by atoms with E-state index in [0.717, 1.165) is 24.5 Å². The molecule has 1 saturated heterocycles. The minimum atomic E-state index is -0.822. The molecular formula is C12H17NO2S2. The van der Waals surface area contributed by atoms with Gasteiger partial charge < -0.3 is 5.11 Å². The fraction of sp³-hybridized carbons (Fsp3) is 0.583. The van der Waals surface area contributed by atoms with Crippen LogP contribution >= 0.6 is 23.1 Å². The van der Waals surface area contributed by atoms with E-state index in [1.54, 1.807) is 6.07 Å². The zero-order chi connectivity index (χ0) is 12.4. The Kier molecular flexibility index (Phi) is 4.12. The molecule has 1 fully saturated rings. The standard InChI is InChI=1S/C12H17NO2S2/c1-8-5-13(6-9(2)16-8)7-10-3-4-11(17-10)12(14)15/h3-4,8-9H,5-7H2,1-2H3,(H,14,15). The number of carbonyl (C=O) groups is 1. The Bertz CT molecular complexity index is 395. The highest BCUT2D eigenvalue weighted by molar-refractivity contribution is 8.00. The van der Waals surface area contributed by atoms with Crippen molar-refractivity contribution < 1.29 is 9.90 Å². The summed E-state index contributed by atoms with van der Waals surface area (Å²) in [5.41, 5.74) is 0. The molecule has 17 heavy (non-hydrogen) atoms. The van der Waals surface area contributed by atoms with Crippen molar-refractivity contribution in [2.45, 2.75) is 30.9 Å². The molecule has 0 aliphatic carbocycles. The van der Waals surface area contributed by atoms with Crippen molar-refractivity contribution in [1.29, 1.82) is 0 Å². The Labute approximate surface area is 110 Å². The van der Waals surface area contributed by atoms with Gasteiger partial charge in [-0.25, -0.2) is 4.79 Å². The van der Waals surface area contributed by atoms with Crippen LogP contribution in [0.5, 0.6) is 0 Å². The first kappa shape index (κ1) is 12.9. The number of hydrogen-bond acceptors (Lipinski definition) is 4. The summed E-state index contributed by atoms with van der Waals surface area (Å²) in [6.45, 7) is 7.58. The molecule has 2 atom stereocenters. The molecule has 0 radical (unpaired) electrons. The van der Waals surface area contributed by atoms with Crippen LogP contribution in [-0.4, -0.2) is 39.6 Å². The number of aromatic carboxylic acids is 1. The summed E-state index contributed by atoms with van der Waals surface area (Å²) < 4.78 is 0. The summed E-state index contributed by atoms with van der Waals surface area (Å²) in [7, 11) is 0. The van der Waals surface area contributed by atoms with Gasteiger partial charge in [0, 0.05) is 35.0 Å². The molecule has 1 N–H and O–H groups in total. The van der Waals surface area contributed by atoms with E-state index >= 15 is 0 Å². The van der Waals surface area contributed by atoms with E-state index in [2.05, 4.69) is 18.7 Å². The fourth-order valence-electron chi connectivity index (χ4n) is 2.21. The summed E-state index contributed by atoms with van der Waals surface area (Å²) >= 11 is 3.42. The van der Waals surface area contributed by atoms with Gasteiger partial charge in [0.25, 0.3) is 0 Å². The molecule has 1 aromatic rings. The first-order valence-electron chi connectivity index (χ1n) is 5.74. The quantitative estimate of drug-likeness (QED) is 0.917. The molecule has 3 nitrogen and oxygen atoms in total. The Balaban J connectivity index is 1.97. The smallest absolute Gasteiger partial charge is 0.345 e. The molecule has 94 valence electrons. The van der Waals surface area contributed by atoms with Crippen LogP contribution < -0.4 is 0 Å². The van der Waals surface area contributed by atoms with Crippen LogP contribution in [0.25, 0.3) is 0 Å². The Hall–Kier alpha value is -0.520. The molecule has 2 heterocycles. The minimum absolute atomic E-state index is 0.437. The monoisotopic (exact) mass is 271 g/mol. The van der Waals surface area contributed by atoms with Crippen molar-refractivity contribution in [1.82, 2.24) is 4.90 Å². The van der Waals surface area contributed by atoms with Gasteiger partial charge in [-0.1, -0.05) is 13.8 Å². The highest BCUT2D eigenvalue weighted by Crippen LogP contribution is 2.27. The second-order valence-electron chi connectivity index (χ2n) is 4.52. The molecule has 0 bridgehead atoms. The average molecular weight is 271 g/mol. The number of thiophene rings is 1. The Morgan fingerprint density at radius 1 is 1.41 bits per heavy atom. The molecule has 0 aromatic carbocycles. The van der Waals surface area contributed by atoms with E-state index in [0.29, 0.717) is 15.4 Å². The van der Waals surface area contributed by atoms with Gasteiger partial charge in [-0.05, 0) is 12.1 Å². The van der Waals surface area contributed by atoms with Crippen LogP contribution in [0, 0.1) is 0 Å². The van der Waals surface area contributed by atoms with Gasteiger partial charge in [0.05, 0.1) is 0 Å². The van der Waals surface area contributed by atoms with E-state index in [1.165, 1.54) is 11.3 Å². The summed E-state index contributed by atoms with van der Waals surface area (Å²) in [4.78, 5) is 14.8. The SMILES string of the molecule is CC1CN(Cc2ccc(C(=O)O)s2)CC(C)S1. The van der Waals surface area contributed by atoms with Crippen LogP contribution in [-0.2, 0) is 6.54 Å². The molecule has 1 aliphatic heterocycles. The maximum Gasteiger partial charge on any atom is 0.345 e. The lowest BCUT2D eigenvalue weighted by Crippen LogP contribution is -2.39. The van der Waals surface area contributed by atoms with Gasteiger partial charge in [0.1, 0.15) is 4.88 Å². The largest absolute Gasteiger partial charge is 0.477 e. The maximum absolute atomic E-state index is 10.8. The summed E-state index contributed by atoms with van der Waals surface area (Å²) in [5.74, 6) is -0.822. The predicted molar refractivity (Wildman–Crippen MR) is 73.1 cm³/mol. The first-order valence-corrected chi connectivity index (χ1v) is 7.50. The second kappa shape index (κ2) is 5.42. The van der Waals surface area contributed by atoms with E-state index in [9.17, 15) is 4.79 Å². The van der Waals surface area contributed by atoms with Gasteiger partial charge in [-0.2, -0.15) is 11.8 Å². The molecule has 0 amide bonds. The van der Waals surface area contributed by atoms with Gasteiger partial charge in [-0.3, -0.25) is 4.90 Å². The fourth-order valence-corrected chi connectivity index (χ4v) is 4.49. The topological polar surface area (TPSA) is 40.5 Å². The van der Waals surface area contributed by atoms with E-state index in [1.807, 2.05) is 17.8 Å². The zero-order valence-corrected chi connectivity index (χ0v) is 11.7. The van der Waals surface area contributed by atoms with Gasteiger partial charge >= 0.3 is 5.97 Å². The van der Waals surface area contributed by atoms with Crippen LogP contribution in [0.15, 0.2) is 12.1 Å². The number of rotatable bonds is 3. The highest BCUT2D eigenvalue weighted by Gasteiger charge is 2.22. The van der Waals surface area contributed by atoms with Crippen molar-refractivity contribution in [3.05, 3.63) is 21.9 Å². The Morgan fingerprint density at radius 3 is 2.59 bits per heavy atom. The number of carboxylic acids is 1. The summed E-state index contributed by atoms with van der Waals surface area (Å²) in [6.07, 6.45) is 0. The lowest BCUT2D eigenvalue weighted by Gasteiger charge is -2.34. The number of thioether (sulfide) groups is 1. The number of nitrogens with zero attached hydrogens (tertiary/aromatic N) is 1. The van der Waals surface area contributed by atoms with Gasteiger partial charge in [-0.15, -0.1) is 11.3 Å². The van der Waals surface area contributed by atoms with Crippen molar-refractivity contribution in [3.8, 4) is 0 Å². The van der Waals surface area contributed by atoms with E-state index < -0.39 is 5.97 Å². The summed E-state index contributed by atoms with van der Waals surface area (Å²) in [5, 5.41) is 10.2. The van der Waals surface area contributed by atoms with E-state index in [-0.39, 0.29) is 0 Å². The lowest BCUT2D eigenvalue weighted by molar-refractivity contribution is 0.0702. The first-order chi connectivity index (χ1) is 8.04. The normalized spacial score (nSPS) is 26.0. The third-order valence-electron chi connectivity index (χ3n) is 2.75. The third-order valence-corrected chi connectivity index (χ3v) is 5.03. The predicted octanol–water partition coefficient (Wildman–Crippen LogP) is 2.77. The highest BCUT2D eigenvalue weighted by atomic mass is 32.2. The summed E-state index contributed by atoms with van der Waals surface area (Å²) in [6, 6.07) is 3.64. The maximum atomic E-state index is 10.8.